The number of amides is 1. The SMILES string of the molecule is O=C(O)CCCCN(C(=O)Oc1ccncc1)c1ccc2[nH]c(=S)sc2n1. The number of aromatic amines is 1. The molecule has 3 aromatic rings. The van der Waals surface area contributed by atoms with E-state index in [1.165, 1.54) is 28.6 Å². The topological polar surface area (TPSA) is 108 Å². The Morgan fingerprint density at radius 3 is 2.74 bits per heavy atom. The molecule has 0 unspecified atom stereocenters. The Hall–Kier alpha value is -2.85. The molecule has 3 rings (SSSR count). The molecule has 140 valence electrons. The van der Waals surface area contributed by atoms with Crippen molar-refractivity contribution in [2.75, 3.05) is 11.4 Å². The minimum absolute atomic E-state index is 0.0406. The van der Waals surface area contributed by atoms with Crippen molar-refractivity contribution in [3.05, 3.63) is 40.6 Å². The predicted molar refractivity (Wildman–Crippen MR) is 104 cm³/mol. The fourth-order valence-corrected chi connectivity index (χ4v) is 3.44. The van der Waals surface area contributed by atoms with Gasteiger partial charge in [-0.15, -0.1) is 0 Å². The largest absolute Gasteiger partial charge is 0.481 e. The van der Waals surface area contributed by atoms with Crippen LogP contribution in [0.15, 0.2) is 36.7 Å². The van der Waals surface area contributed by atoms with Crippen LogP contribution in [0, 0.1) is 3.95 Å². The lowest BCUT2D eigenvalue weighted by Crippen LogP contribution is -2.35. The number of thiazole rings is 1. The molecule has 3 heterocycles. The van der Waals surface area contributed by atoms with Gasteiger partial charge < -0.3 is 14.8 Å². The van der Waals surface area contributed by atoms with E-state index in [1.54, 1.807) is 24.3 Å². The standard InChI is InChI=1S/C17H16N4O4S2/c22-14(23)3-1-2-10-21(17(24)25-11-6-8-18-9-7-11)13-5-4-12-15(20-13)27-16(26)19-12/h4-9H,1-3,10H2,(H,19,26)(H,22,23). The number of aromatic nitrogens is 3. The van der Waals surface area contributed by atoms with Gasteiger partial charge in [-0.2, -0.15) is 0 Å². The summed E-state index contributed by atoms with van der Waals surface area (Å²) in [4.78, 5) is 36.9. The highest BCUT2D eigenvalue weighted by Crippen LogP contribution is 2.23. The van der Waals surface area contributed by atoms with Crippen LogP contribution in [0.25, 0.3) is 10.3 Å². The number of carboxylic acid groups (broad SMARTS) is 1. The van der Waals surface area contributed by atoms with Crippen molar-refractivity contribution in [2.45, 2.75) is 19.3 Å². The van der Waals surface area contributed by atoms with E-state index in [4.69, 9.17) is 22.1 Å². The number of nitrogens with zero attached hydrogens (tertiary/aromatic N) is 3. The maximum atomic E-state index is 12.7. The molecule has 0 saturated carbocycles. The first-order chi connectivity index (χ1) is 13.0. The summed E-state index contributed by atoms with van der Waals surface area (Å²) in [6.07, 6.45) is 3.44. The molecule has 0 aliphatic rings. The van der Waals surface area contributed by atoms with Gasteiger partial charge in [0.25, 0.3) is 0 Å². The lowest BCUT2D eigenvalue weighted by molar-refractivity contribution is -0.137. The molecular weight excluding hydrogens is 388 g/mol. The van der Waals surface area contributed by atoms with Gasteiger partial charge in [-0.25, -0.2) is 9.78 Å². The van der Waals surface area contributed by atoms with E-state index >= 15 is 0 Å². The Balaban J connectivity index is 1.81. The molecule has 0 spiro atoms. The van der Waals surface area contributed by atoms with Gasteiger partial charge in [0, 0.05) is 25.4 Å². The Morgan fingerprint density at radius 2 is 2.00 bits per heavy atom. The summed E-state index contributed by atoms with van der Waals surface area (Å²) in [5.41, 5.74) is 0.794. The zero-order valence-electron chi connectivity index (χ0n) is 14.1. The van der Waals surface area contributed by atoms with Crippen LogP contribution in [0.4, 0.5) is 10.6 Å². The van der Waals surface area contributed by atoms with Crippen LogP contribution in [0.5, 0.6) is 5.75 Å². The molecule has 8 nitrogen and oxygen atoms in total. The number of fused-ring (bicyclic) bond motifs is 1. The van der Waals surface area contributed by atoms with Crippen LogP contribution in [0.1, 0.15) is 19.3 Å². The zero-order valence-corrected chi connectivity index (χ0v) is 15.8. The minimum Gasteiger partial charge on any atom is -0.481 e. The van der Waals surface area contributed by atoms with Crippen LogP contribution in [0.3, 0.4) is 0 Å². The lowest BCUT2D eigenvalue weighted by Gasteiger charge is -2.21. The van der Waals surface area contributed by atoms with Crippen LogP contribution < -0.4 is 9.64 Å². The molecule has 0 radical (unpaired) electrons. The van der Waals surface area contributed by atoms with Gasteiger partial charge in [-0.05, 0) is 49.3 Å². The van der Waals surface area contributed by atoms with Crippen molar-refractivity contribution in [3.8, 4) is 5.75 Å². The van der Waals surface area contributed by atoms with Gasteiger partial charge in [-0.1, -0.05) is 11.3 Å². The Morgan fingerprint density at radius 1 is 1.22 bits per heavy atom. The maximum Gasteiger partial charge on any atom is 0.420 e. The number of hydrogen-bond acceptors (Lipinski definition) is 7. The lowest BCUT2D eigenvalue weighted by atomic mass is 10.2. The van der Waals surface area contributed by atoms with E-state index in [9.17, 15) is 9.59 Å². The molecule has 0 fully saturated rings. The average molecular weight is 404 g/mol. The molecule has 0 saturated heterocycles. The smallest absolute Gasteiger partial charge is 0.420 e. The second-order valence-electron chi connectivity index (χ2n) is 5.59. The van der Waals surface area contributed by atoms with E-state index in [2.05, 4.69) is 15.0 Å². The summed E-state index contributed by atoms with van der Waals surface area (Å²) in [6, 6.07) is 6.66. The quantitative estimate of drug-likeness (QED) is 0.452. The second-order valence-corrected chi connectivity index (χ2v) is 7.26. The van der Waals surface area contributed by atoms with Gasteiger partial charge in [0.2, 0.25) is 0 Å². The van der Waals surface area contributed by atoms with Gasteiger partial charge >= 0.3 is 12.1 Å². The number of anilines is 1. The van der Waals surface area contributed by atoms with Crippen molar-refractivity contribution in [3.63, 3.8) is 0 Å². The van der Waals surface area contributed by atoms with Crippen molar-refractivity contribution in [1.29, 1.82) is 0 Å². The number of ether oxygens (including phenoxy) is 1. The van der Waals surface area contributed by atoms with E-state index in [0.29, 0.717) is 33.2 Å². The highest BCUT2D eigenvalue weighted by molar-refractivity contribution is 7.73. The summed E-state index contributed by atoms with van der Waals surface area (Å²) in [5.74, 6) is -0.0846. The summed E-state index contributed by atoms with van der Waals surface area (Å²) >= 11 is 6.44. The van der Waals surface area contributed by atoms with Crippen molar-refractivity contribution in [2.24, 2.45) is 0 Å². The van der Waals surface area contributed by atoms with Gasteiger partial charge in [0.1, 0.15) is 16.4 Å². The number of carboxylic acids is 1. The number of carbonyl (C=O) groups is 2. The fourth-order valence-electron chi connectivity index (χ4n) is 2.38. The number of H-pyrrole nitrogens is 1. The number of nitrogens with one attached hydrogen (secondary N) is 1. The van der Waals surface area contributed by atoms with E-state index in [0.717, 1.165) is 5.52 Å². The van der Waals surface area contributed by atoms with Gasteiger partial charge in [0.15, 0.2) is 3.95 Å². The van der Waals surface area contributed by atoms with Crippen LogP contribution >= 0.6 is 23.6 Å². The third-order valence-corrected chi connectivity index (χ3v) is 4.79. The van der Waals surface area contributed by atoms with Gasteiger partial charge in [-0.3, -0.25) is 14.7 Å². The molecule has 1 amide bonds. The summed E-state index contributed by atoms with van der Waals surface area (Å²) in [5, 5.41) is 8.79. The molecule has 0 atom stereocenters. The number of rotatable bonds is 7. The number of pyridine rings is 2. The third-order valence-electron chi connectivity index (χ3n) is 3.65. The number of hydrogen-bond donors (Lipinski definition) is 2. The number of aliphatic carboxylic acids is 1. The van der Waals surface area contributed by atoms with Crippen molar-refractivity contribution >= 4 is 51.8 Å². The normalized spacial score (nSPS) is 10.7. The first kappa shape index (κ1) is 18.9. The number of unbranched alkanes of at least 4 members (excludes halogenated alkanes) is 1. The maximum absolute atomic E-state index is 12.7. The van der Waals surface area contributed by atoms with Crippen molar-refractivity contribution in [1.82, 2.24) is 15.0 Å². The molecule has 3 aromatic heterocycles. The fraction of sp³-hybridized carbons (Fsp3) is 0.235. The zero-order chi connectivity index (χ0) is 19.2. The van der Waals surface area contributed by atoms with E-state index in [-0.39, 0.29) is 13.0 Å². The molecule has 0 aromatic carbocycles. The Kier molecular flexibility index (Phi) is 6.09. The summed E-state index contributed by atoms with van der Waals surface area (Å²) in [7, 11) is 0. The van der Waals surface area contributed by atoms with Crippen LogP contribution in [-0.4, -0.2) is 38.7 Å². The van der Waals surface area contributed by atoms with E-state index in [1.807, 2.05) is 0 Å². The highest BCUT2D eigenvalue weighted by Gasteiger charge is 2.20. The minimum atomic E-state index is -0.868. The first-order valence-corrected chi connectivity index (χ1v) is 9.36. The number of carbonyl (C=O) groups excluding carboxylic acids is 1. The third kappa shape index (κ3) is 5.08. The Bertz CT molecular complexity index is 1000. The van der Waals surface area contributed by atoms with E-state index < -0.39 is 12.1 Å². The summed E-state index contributed by atoms with van der Waals surface area (Å²) < 4.78 is 5.99. The first-order valence-electron chi connectivity index (χ1n) is 8.14. The van der Waals surface area contributed by atoms with Crippen molar-refractivity contribution < 1.29 is 19.4 Å². The van der Waals surface area contributed by atoms with Crippen LogP contribution in [-0.2, 0) is 4.79 Å². The molecule has 0 aliphatic heterocycles. The monoisotopic (exact) mass is 404 g/mol. The average Bonchev–Trinajstić information content (AvgIpc) is 3.01. The highest BCUT2D eigenvalue weighted by atomic mass is 32.1. The Labute approximate surface area is 163 Å². The molecule has 27 heavy (non-hydrogen) atoms. The molecule has 2 N–H and O–H groups in total. The molecule has 0 aliphatic carbocycles. The molecular formula is C17H16N4O4S2. The van der Waals surface area contributed by atoms with Gasteiger partial charge in [0.05, 0.1) is 5.52 Å². The molecule has 10 heteroatoms. The predicted octanol–water partition coefficient (Wildman–Crippen LogP) is 4.01. The summed E-state index contributed by atoms with van der Waals surface area (Å²) in [6.45, 7) is 0.283. The van der Waals surface area contributed by atoms with Crippen LogP contribution in [0.2, 0.25) is 0 Å². The second kappa shape index (κ2) is 8.69. The molecule has 0 bridgehead atoms.